The van der Waals surface area contributed by atoms with Gasteiger partial charge in [0, 0.05) is 6.42 Å². The highest BCUT2D eigenvalue weighted by Gasteiger charge is 2.21. The summed E-state index contributed by atoms with van der Waals surface area (Å²) in [5.74, 6) is 0.525. The Hall–Kier alpha value is -3.35. The molecule has 1 heterocycles. The van der Waals surface area contributed by atoms with Crippen molar-refractivity contribution in [2.45, 2.75) is 194 Å². The number of hydrogen-bond acceptors (Lipinski definition) is 6. The molecule has 6 heteroatoms. The van der Waals surface area contributed by atoms with Gasteiger partial charge in [0.15, 0.2) is 0 Å². The van der Waals surface area contributed by atoms with Crippen LogP contribution in [0.25, 0.3) is 22.1 Å². The molecule has 0 aliphatic rings. The number of phenols is 1. The summed E-state index contributed by atoms with van der Waals surface area (Å²) in [6.07, 6.45) is 32.3. The first-order chi connectivity index (χ1) is 27.2. The smallest absolute Gasteiger partial charge is 0.204 e. The predicted molar refractivity (Wildman–Crippen MR) is 236 cm³/mol. The van der Waals surface area contributed by atoms with Crippen molar-refractivity contribution >= 4 is 11.0 Å². The van der Waals surface area contributed by atoms with Crippen molar-refractivity contribution in [3.05, 3.63) is 81.7 Å². The molecule has 312 valence electrons. The topological polar surface area (TPSA) is 100 Å². The van der Waals surface area contributed by atoms with Crippen molar-refractivity contribution < 1.29 is 24.5 Å². The Labute approximate surface area is 339 Å². The third kappa shape index (κ3) is 17.0. The van der Waals surface area contributed by atoms with Crippen molar-refractivity contribution in [3.8, 4) is 22.6 Å². The van der Waals surface area contributed by atoms with Gasteiger partial charge in [0.05, 0.1) is 18.3 Å². The van der Waals surface area contributed by atoms with E-state index in [1.165, 1.54) is 128 Å². The van der Waals surface area contributed by atoms with Crippen LogP contribution in [-0.4, -0.2) is 34.1 Å². The van der Waals surface area contributed by atoms with Gasteiger partial charge in [-0.25, -0.2) is 0 Å². The summed E-state index contributed by atoms with van der Waals surface area (Å²) < 4.78 is 12.1. The molecule has 6 nitrogen and oxygen atoms in total. The Kier molecular flexibility index (Phi) is 22.9. The minimum atomic E-state index is -0.808. The van der Waals surface area contributed by atoms with E-state index in [1.807, 2.05) is 19.9 Å². The summed E-state index contributed by atoms with van der Waals surface area (Å²) in [5.41, 5.74) is 3.82. The van der Waals surface area contributed by atoms with Gasteiger partial charge >= 0.3 is 0 Å². The maximum Gasteiger partial charge on any atom is 0.204 e. The number of benzene rings is 2. The zero-order valence-electron chi connectivity index (χ0n) is 35.6. The van der Waals surface area contributed by atoms with E-state index in [1.54, 1.807) is 37.3 Å². The maximum absolute atomic E-state index is 13.9. The van der Waals surface area contributed by atoms with E-state index in [2.05, 4.69) is 13.5 Å². The second-order valence-electron chi connectivity index (χ2n) is 16.6. The molecule has 56 heavy (non-hydrogen) atoms. The number of ether oxygens (including phenoxy) is 1. The van der Waals surface area contributed by atoms with Gasteiger partial charge in [0.25, 0.3) is 0 Å². The zero-order chi connectivity index (χ0) is 40.5. The summed E-state index contributed by atoms with van der Waals surface area (Å²) in [6.45, 7) is 11.8. The van der Waals surface area contributed by atoms with Crippen LogP contribution < -0.4 is 10.2 Å². The highest BCUT2D eigenvalue weighted by atomic mass is 16.5. The molecule has 2 aromatic carbocycles. The van der Waals surface area contributed by atoms with E-state index >= 15 is 0 Å². The lowest BCUT2D eigenvalue weighted by molar-refractivity contribution is 0.106. The number of aliphatic hydroxyl groups is 2. The molecule has 0 amide bonds. The van der Waals surface area contributed by atoms with Gasteiger partial charge in [-0.2, -0.15) is 0 Å². The van der Waals surface area contributed by atoms with Crippen LogP contribution in [0.4, 0.5) is 0 Å². The number of phenolic OH excluding ortho intramolecular Hbond substituents is 1. The van der Waals surface area contributed by atoms with Gasteiger partial charge in [0.1, 0.15) is 34.8 Å². The van der Waals surface area contributed by atoms with E-state index in [-0.39, 0.29) is 41.3 Å². The Morgan fingerprint density at radius 1 is 0.768 bits per heavy atom. The Balaban J connectivity index is 1.37. The normalized spacial score (nSPS) is 12.5. The van der Waals surface area contributed by atoms with E-state index in [0.29, 0.717) is 40.0 Å². The second-order valence-corrected chi connectivity index (χ2v) is 16.6. The Bertz CT molecular complexity index is 1630. The van der Waals surface area contributed by atoms with E-state index in [0.717, 1.165) is 24.8 Å². The van der Waals surface area contributed by atoms with Crippen LogP contribution in [-0.2, 0) is 12.8 Å². The molecule has 0 saturated carbocycles. The zero-order valence-corrected chi connectivity index (χ0v) is 35.6. The molecule has 0 radical (unpaired) electrons. The number of rotatable bonds is 31. The van der Waals surface area contributed by atoms with Crippen molar-refractivity contribution in [1.82, 2.24) is 0 Å². The van der Waals surface area contributed by atoms with Gasteiger partial charge in [-0.05, 0) is 74.9 Å². The molecule has 0 unspecified atom stereocenters. The largest absolute Gasteiger partial charge is 0.507 e. The lowest BCUT2D eigenvalue weighted by atomic mass is 9.95. The molecule has 0 fully saturated rings. The maximum atomic E-state index is 13.9. The van der Waals surface area contributed by atoms with Crippen molar-refractivity contribution in [1.29, 1.82) is 0 Å². The minimum absolute atomic E-state index is 0.0496. The Morgan fingerprint density at radius 2 is 1.27 bits per heavy atom. The summed E-state index contributed by atoms with van der Waals surface area (Å²) >= 11 is 0. The van der Waals surface area contributed by atoms with Crippen LogP contribution in [0.1, 0.15) is 180 Å². The molecular weight excluding hydrogens is 697 g/mol. The van der Waals surface area contributed by atoms with E-state index < -0.39 is 6.10 Å². The van der Waals surface area contributed by atoms with Gasteiger partial charge < -0.3 is 24.5 Å². The third-order valence-corrected chi connectivity index (χ3v) is 11.2. The minimum Gasteiger partial charge on any atom is -0.507 e. The van der Waals surface area contributed by atoms with Gasteiger partial charge in [0.2, 0.25) is 5.43 Å². The highest BCUT2D eigenvalue weighted by Crippen LogP contribution is 2.34. The molecule has 0 aliphatic carbocycles. The first-order valence-electron chi connectivity index (χ1n) is 22.3. The first-order valence-corrected chi connectivity index (χ1v) is 22.3. The number of hydrogen-bond donors (Lipinski definition) is 3. The average Bonchev–Trinajstić information content (AvgIpc) is 3.18. The SMILES string of the molecule is C=C(C)[C@@H](O)Cc1cc(CC=C(C)C)c(O)c2c(=O)c(-c3ccc(O[C@@H](CO)CCCCCCCCCCCCCCCCCCCCCCC)cc3)coc12. The molecule has 3 aromatic rings. The van der Waals surface area contributed by atoms with E-state index in [9.17, 15) is 20.1 Å². The first kappa shape index (κ1) is 47.0. The lowest BCUT2D eigenvalue weighted by Gasteiger charge is -2.17. The number of allylic oxidation sites excluding steroid dienone is 2. The fraction of sp³-hybridized carbons (Fsp3) is 0.620. The molecule has 0 saturated heterocycles. The van der Waals surface area contributed by atoms with Crippen LogP contribution in [0.2, 0.25) is 0 Å². The number of aromatic hydroxyl groups is 1. The number of fused-ring (bicyclic) bond motifs is 1. The molecular formula is C50H76O6. The van der Waals surface area contributed by atoms with Crippen LogP contribution >= 0.6 is 0 Å². The summed E-state index contributed by atoms with van der Waals surface area (Å²) in [5, 5.41) is 32.0. The van der Waals surface area contributed by atoms with Crippen LogP contribution in [0.5, 0.6) is 11.5 Å². The van der Waals surface area contributed by atoms with E-state index in [4.69, 9.17) is 9.15 Å². The van der Waals surface area contributed by atoms with Gasteiger partial charge in [-0.1, -0.05) is 171 Å². The monoisotopic (exact) mass is 773 g/mol. The molecule has 0 bridgehead atoms. The summed E-state index contributed by atoms with van der Waals surface area (Å²) in [6, 6.07) is 9.02. The fourth-order valence-corrected chi connectivity index (χ4v) is 7.52. The molecule has 3 N–H and O–H groups in total. The van der Waals surface area contributed by atoms with Crippen LogP contribution in [0.15, 0.2) is 69.6 Å². The van der Waals surface area contributed by atoms with Gasteiger partial charge in [-0.15, -0.1) is 0 Å². The molecule has 1 aromatic heterocycles. The summed E-state index contributed by atoms with van der Waals surface area (Å²) in [4.78, 5) is 13.9. The standard InChI is InChI=1S/C50H76O6/c1-6-7-8-9-10-11-12-13-14-15-16-17-18-19-20-21-22-23-24-25-26-27-44(36-51)56-43-32-30-40(31-33-43)45-37-55-50-42(35-46(52)39(4)5)34-41(29-28-38(2)3)48(53)47(50)49(45)54/h28,30-34,37,44,46,51-53H,4,6-27,29,35-36H2,1-3,5H3/t44-,46+/m1/s1. The van der Waals surface area contributed by atoms with Gasteiger partial charge in [-0.3, -0.25) is 4.79 Å². The quantitative estimate of drug-likeness (QED) is 0.0445. The number of aliphatic hydroxyl groups excluding tert-OH is 2. The molecule has 3 rings (SSSR count). The third-order valence-electron chi connectivity index (χ3n) is 11.2. The molecule has 0 spiro atoms. The lowest BCUT2D eigenvalue weighted by Crippen LogP contribution is -2.21. The second kappa shape index (κ2) is 27.3. The van der Waals surface area contributed by atoms with Crippen molar-refractivity contribution in [3.63, 3.8) is 0 Å². The fourth-order valence-electron chi connectivity index (χ4n) is 7.52. The summed E-state index contributed by atoms with van der Waals surface area (Å²) in [7, 11) is 0. The van der Waals surface area contributed by atoms with Crippen molar-refractivity contribution in [2.75, 3.05) is 6.61 Å². The van der Waals surface area contributed by atoms with Crippen molar-refractivity contribution in [2.24, 2.45) is 0 Å². The Morgan fingerprint density at radius 3 is 1.73 bits per heavy atom. The molecule has 0 aliphatic heterocycles. The molecule has 2 atom stereocenters. The predicted octanol–water partition coefficient (Wildman–Crippen LogP) is 13.5. The average molecular weight is 773 g/mol. The highest BCUT2D eigenvalue weighted by molar-refractivity contribution is 5.90. The number of unbranched alkanes of at least 4 members (excludes halogenated alkanes) is 20. The van der Waals surface area contributed by atoms with Crippen LogP contribution in [0, 0.1) is 0 Å². The van der Waals surface area contributed by atoms with Crippen LogP contribution in [0.3, 0.4) is 0 Å².